The van der Waals surface area contributed by atoms with Crippen molar-refractivity contribution in [2.24, 2.45) is 0 Å². The lowest BCUT2D eigenvalue weighted by molar-refractivity contribution is -0.142. The molecule has 1 amide bonds. The number of carbonyl (C=O) groups excluding carboxylic acids is 1. The highest BCUT2D eigenvalue weighted by molar-refractivity contribution is 9.10. The van der Waals surface area contributed by atoms with Crippen molar-refractivity contribution in [2.45, 2.75) is 45.3 Å². The predicted octanol–water partition coefficient (Wildman–Crippen LogP) is 2.77. The number of hydrogen-bond donors (Lipinski definition) is 2. The maximum absolute atomic E-state index is 11.9. The van der Waals surface area contributed by atoms with Crippen LogP contribution in [-0.4, -0.2) is 35.2 Å². The second kappa shape index (κ2) is 8.29. The average molecular weight is 372 g/mol. The van der Waals surface area contributed by atoms with Gasteiger partial charge in [0, 0.05) is 17.5 Å². The summed E-state index contributed by atoms with van der Waals surface area (Å²) in [4.78, 5) is 23.2. The van der Waals surface area contributed by atoms with Gasteiger partial charge in [-0.3, -0.25) is 4.79 Å². The van der Waals surface area contributed by atoms with Crippen molar-refractivity contribution in [3.05, 3.63) is 34.3 Å². The van der Waals surface area contributed by atoms with Crippen molar-refractivity contribution >= 4 is 27.8 Å². The fourth-order valence-corrected chi connectivity index (χ4v) is 2.04. The van der Waals surface area contributed by atoms with Crippen molar-refractivity contribution in [1.82, 2.24) is 5.32 Å². The number of ether oxygens (including phenoxy) is 1. The standard InChI is InChI=1S/C16H22BrNO4/c1-16(2,3)22-9-8-13(15(20)21)18-14(19)10-11-4-6-12(17)7-5-11/h4-7,13H,8-10H2,1-3H3,(H,18,19)(H,20,21). The lowest BCUT2D eigenvalue weighted by atomic mass is 10.1. The van der Waals surface area contributed by atoms with Crippen LogP contribution in [0.15, 0.2) is 28.7 Å². The van der Waals surface area contributed by atoms with E-state index in [0.717, 1.165) is 10.0 Å². The van der Waals surface area contributed by atoms with E-state index < -0.39 is 12.0 Å². The van der Waals surface area contributed by atoms with Crippen LogP contribution < -0.4 is 5.32 Å². The molecule has 1 rings (SSSR count). The molecule has 1 aromatic carbocycles. The molecular weight excluding hydrogens is 350 g/mol. The number of carboxylic acid groups (broad SMARTS) is 1. The van der Waals surface area contributed by atoms with Crippen LogP contribution in [0.1, 0.15) is 32.8 Å². The lowest BCUT2D eigenvalue weighted by Crippen LogP contribution is -2.42. The Kier molecular flexibility index (Phi) is 7.03. The molecule has 122 valence electrons. The zero-order valence-corrected chi connectivity index (χ0v) is 14.6. The number of amides is 1. The second-order valence-corrected chi connectivity index (χ2v) is 6.93. The molecule has 1 unspecified atom stereocenters. The van der Waals surface area contributed by atoms with E-state index in [1.54, 1.807) is 0 Å². The van der Waals surface area contributed by atoms with Gasteiger partial charge < -0.3 is 15.2 Å². The van der Waals surface area contributed by atoms with Gasteiger partial charge in [0.15, 0.2) is 0 Å². The highest BCUT2D eigenvalue weighted by atomic mass is 79.9. The maximum atomic E-state index is 11.9. The van der Waals surface area contributed by atoms with Gasteiger partial charge in [0.05, 0.1) is 12.0 Å². The summed E-state index contributed by atoms with van der Waals surface area (Å²) in [6.45, 7) is 5.97. The van der Waals surface area contributed by atoms with Crippen LogP contribution in [0.5, 0.6) is 0 Å². The summed E-state index contributed by atoms with van der Waals surface area (Å²) in [6, 6.07) is 6.39. The molecule has 5 nitrogen and oxygen atoms in total. The predicted molar refractivity (Wildman–Crippen MR) is 87.7 cm³/mol. The summed E-state index contributed by atoms with van der Waals surface area (Å²) in [6.07, 6.45) is 0.385. The minimum atomic E-state index is -1.05. The van der Waals surface area contributed by atoms with E-state index in [2.05, 4.69) is 21.2 Å². The van der Waals surface area contributed by atoms with E-state index in [4.69, 9.17) is 4.74 Å². The molecule has 0 aliphatic carbocycles. The molecule has 0 aliphatic rings. The summed E-state index contributed by atoms with van der Waals surface area (Å²) in [5.74, 6) is -1.37. The Balaban J connectivity index is 2.50. The van der Waals surface area contributed by atoms with Gasteiger partial charge in [0.2, 0.25) is 5.91 Å². The molecule has 0 aromatic heterocycles. The first-order valence-electron chi connectivity index (χ1n) is 7.08. The second-order valence-electron chi connectivity index (χ2n) is 6.01. The summed E-state index contributed by atoms with van der Waals surface area (Å²) in [7, 11) is 0. The van der Waals surface area contributed by atoms with Crippen LogP contribution in [0.25, 0.3) is 0 Å². The summed E-state index contributed by atoms with van der Waals surface area (Å²) in [5, 5.41) is 11.7. The third kappa shape index (κ3) is 7.56. The minimum Gasteiger partial charge on any atom is -0.480 e. The van der Waals surface area contributed by atoms with E-state index >= 15 is 0 Å². The highest BCUT2D eigenvalue weighted by Gasteiger charge is 2.21. The third-order valence-corrected chi connectivity index (χ3v) is 3.38. The number of rotatable bonds is 7. The lowest BCUT2D eigenvalue weighted by Gasteiger charge is -2.21. The van der Waals surface area contributed by atoms with Crippen LogP contribution in [0.3, 0.4) is 0 Å². The van der Waals surface area contributed by atoms with Gasteiger partial charge in [-0.2, -0.15) is 0 Å². The number of carbonyl (C=O) groups is 2. The number of hydrogen-bond acceptors (Lipinski definition) is 3. The first-order chi connectivity index (χ1) is 10.2. The topological polar surface area (TPSA) is 75.6 Å². The van der Waals surface area contributed by atoms with Gasteiger partial charge in [-0.25, -0.2) is 4.79 Å². The summed E-state index contributed by atoms with van der Waals surface area (Å²) < 4.78 is 6.43. The largest absolute Gasteiger partial charge is 0.480 e. The normalized spacial score (nSPS) is 12.7. The van der Waals surface area contributed by atoms with Crippen LogP contribution in [0, 0.1) is 0 Å². The monoisotopic (exact) mass is 371 g/mol. The van der Waals surface area contributed by atoms with Gasteiger partial charge in [-0.15, -0.1) is 0 Å². The number of aliphatic carboxylic acids is 1. The van der Waals surface area contributed by atoms with Gasteiger partial charge in [-0.05, 0) is 38.5 Å². The van der Waals surface area contributed by atoms with E-state index in [1.807, 2.05) is 45.0 Å². The molecule has 0 heterocycles. The zero-order valence-electron chi connectivity index (χ0n) is 13.1. The van der Waals surface area contributed by atoms with Crippen molar-refractivity contribution in [3.8, 4) is 0 Å². The fourth-order valence-electron chi connectivity index (χ4n) is 1.77. The first-order valence-corrected chi connectivity index (χ1v) is 7.87. The average Bonchev–Trinajstić information content (AvgIpc) is 2.38. The molecular formula is C16H22BrNO4. The molecule has 0 aliphatic heterocycles. The van der Waals surface area contributed by atoms with Gasteiger partial charge >= 0.3 is 5.97 Å². The molecule has 22 heavy (non-hydrogen) atoms. The van der Waals surface area contributed by atoms with Crippen LogP contribution in [-0.2, 0) is 20.7 Å². The summed E-state index contributed by atoms with van der Waals surface area (Å²) >= 11 is 3.32. The molecule has 1 atom stereocenters. The SMILES string of the molecule is CC(C)(C)OCCC(NC(=O)Cc1ccc(Br)cc1)C(=O)O. The van der Waals surface area contributed by atoms with E-state index in [9.17, 15) is 14.7 Å². The van der Waals surface area contributed by atoms with Gasteiger partial charge in [0.25, 0.3) is 0 Å². The number of halogens is 1. The molecule has 1 aromatic rings. The van der Waals surface area contributed by atoms with Crippen LogP contribution in [0.4, 0.5) is 0 Å². The van der Waals surface area contributed by atoms with Crippen molar-refractivity contribution in [3.63, 3.8) is 0 Å². The molecule has 0 spiro atoms. The molecule has 0 saturated heterocycles. The Morgan fingerprint density at radius 2 is 1.86 bits per heavy atom. The molecule has 2 N–H and O–H groups in total. The maximum Gasteiger partial charge on any atom is 0.326 e. The van der Waals surface area contributed by atoms with Crippen molar-refractivity contribution < 1.29 is 19.4 Å². The minimum absolute atomic E-state index is 0.150. The van der Waals surface area contributed by atoms with E-state index in [1.165, 1.54) is 0 Å². The van der Waals surface area contributed by atoms with Crippen LogP contribution in [0.2, 0.25) is 0 Å². The fraction of sp³-hybridized carbons (Fsp3) is 0.500. The summed E-state index contributed by atoms with van der Waals surface area (Å²) in [5.41, 5.74) is 0.501. The molecule has 0 fully saturated rings. The van der Waals surface area contributed by atoms with E-state index in [0.29, 0.717) is 0 Å². The molecule has 6 heteroatoms. The Labute approximate surface area is 139 Å². The Hall–Kier alpha value is -1.40. The van der Waals surface area contributed by atoms with Crippen LogP contribution >= 0.6 is 15.9 Å². The zero-order chi connectivity index (χ0) is 16.8. The first kappa shape index (κ1) is 18.6. The Morgan fingerprint density at radius 3 is 2.36 bits per heavy atom. The number of nitrogens with one attached hydrogen (secondary N) is 1. The smallest absolute Gasteiger partial charge is 0.326 e. The molecule has 0 radical (unpaired) electrons. The van der Waals surface area contributed by atoms with Crippen molar-refractivity contribution in [1.29, 1.82) is 0 Å². The quantitative estimate of drug-likeness (QED) is 0.772. The molecule has 0 saturated carbocycles. The Morgan fingerprint density at radius 1 is 1.27 bits per heavy atom. The highest BCUT2D eigenvalue weighted by Crippen LogP contribution is 2.11. The van der Waals surface area contributed by atoms with Crippen molar-refractivity contribution in [2.75, 3.05) is 6.61 Å². The van der Waals surface area contributed by atoms with E-state index in [-0.39, 0.29) is 31.0 Å². The number of benzene rings is 1. The number of carboxylic acids is 1. The molecule has 0 bridgehead atoms. The third-order valence-electron chi connectivity index (χ3n) is 2.85. The Bertz CT molecular complexity index is 508. The van der Waals surface area contributed by atoms with Gasteiger partial charge in [0.1, 0.15) is 6.04 Å². The van der Waals surface area contributed by atoms with Gasteiger partial charge in [-0.1, -0.05) is 28.1 Å².